The fourth-order valence-electron chi connectivity index (χ4n) is 2.72. The molecule has 0 bridgehead atoms. The van der Waals surface area contributed by atoms with Crippen molar-refractivity contribution in [1.82, 2.24) is 0 Å². The van der Waals surface area contributed by atoms with E-state index in [0.717, 1.165) is 0 Å². The molecule has 2 nitrogen and oxygen atoms in total. The standard InChI is InChI=1S/C26H37BO2/c1-23(2,3)20-13-11-12-18(14-20)19-15-21(24(4,5)6)17-22(16-19)27-28-25(7,8)26(9,10)29-27/h11-17H,1-10H3/i4D3,5D3,6D3,11D,12D,13D,14D,15D,16D,17D. The summed E-state index contributed by atoms with van der Waals surface area (Å²) in [5, 5.41) is 0. The Morgan fingerprint density at radius 2 is 1.38 bits per heavy atom. The molecule has 29 heavy (non-hydrogen) atoms. The molecule has 0 amide bonds. The van der Waals surface area contributed by atoms with Crippen molar-refractivity contribution < 1.29 is 31.2 Å². The topological polar surface area (TPSA) is 18.5 Å². The molecule has 0 radical (unpaired) electrons. The summed E-state index contributed by atoms with van der Waals surface area (Å²) in [5.41, 5.74) is -10.3. The highest BCUT2D eigenvalue weighted by atomic mass is 16.7. The molecular formula is C26H37BO2. The van der Waals surface area contributed by atoms with Gasteiger partial charge in [0.15, 0.2) is 0 Å². The Kier molecular flexibility index (Phi) is 2.24. The van der Waals surface area contributed by atoms with Gasteiger partial charge in [0.2, 0.25) is 0 Å². The average Bonchev–Trinajstić information content (AvgIpc) is 2.99. The monoisotopic (exact) mass is 408 g/mol. The van der Waals surface area contributed by atoms with Gasteiger partial charge in [-0.1, -0.05) is 83.6 Å². The lowest BCUT2D eigenvalue weighted by atomic mass is 9.73. The zero-order valence-corrected chi connectivity index (χ0v) is 17.9. The van der Waals surface area contributed by atoms with Crippen LogP contribution in [0.1, 0.15) is 102 Å². The first-order valence-electron chi connectivity index (χ1n) is 17.4. The van der Waals surface area contributed by atoms with E-state index < -0.39 is 114 Å². The third kappa shape index (κ3) is 4.46. The van der Waals surface area contributed by atoms with E-state index in [1.54, 1.807) is 48.5 Å². The molecule has 3 heteroatoms. The molecule has 0 aliphatic carbocycles. The Balaban J connectivity index is 2.81. The fourth-order valence-corrected chi connectivity index (χ4v) is 2.72. The predicted molar refractivity (Wildman–Crippen MR) is 125 cm³/mol. The Bertz CT molecular complexity index is 1480. The molecule has 1 fully saturated rings. The summed E-state index contributed by atoms with van der Waals surface area (Å²) in [6.45, 7) is -0.234. The number of rotatable bonds is 2. The van der Waals surface area contributed by atoms with E-state index in [0.29, 0.717) is 0 Å². The van der Waals surface area contributed by atoms with Crippen LogP contribution in [0.3, 0.4) is 0 Å². The Morgan fingerprint density at radius 1 is 0.793 bits per heavy atom. The molecule has 3 rings (SSSR count). The van der Waals surface area contributed by atoms with Gasteiger partial charge in [-0.3, -0.25) is 0 Å². The van der Waals surface area contributed by atoms with Crippen LogP contribution in [0.2, 0.25) is 0 Å². The van der Waals surface area contributed by atoms with Crippen LogP contribution in [-0.4, -0.2) is 18.3 Å². The molecule has 0 atom stereocenters. The zero-order chi connectivity index (χ0) is 35.4. The SMILES string of the molecule is [2H]c1c([2H])c(-c2c([2H])c(B3OC(C)(C)C(C)(C)O3)c([2H])c(C(C([2H])([2H])[2H])(C([2H])([2H])[2H])C([2H])([2H])[2H])c2[2H])c([2H])c(C(C)(C)C)c1[2H]. The normalized spacial score (nSPS) is 28.2. The number of hydrogen-bond donors (Lipinski definition) is 0. The molecule has 0 unspecified atom stereocenters. The van der Waals surface area contributed by atoms with E-state index in [1.807, 2.05) is 0 Å². The summed E-state index contributed by atoms with van der Waals surface area (Å²) in [4.78, 5) is 0. The van der Waals surface area contributed by atoms with E-state index >= 15 is 0 Å². The first kappa shape index (κ1) is 9.28. The highest BCUT2D eigenvalue weighted by Gasteiger charge is 2.51. The summed E-state index contributed by atoms with van der Waals surface area (Å²) in [5.74, 6) is 0. The maximum Gasteiger partial charge on any atom is 0.494 e. The summed E-state index contributed by atoms with van der Waals surface area (Å²) in [6, 6.07) is -5.58. The van der Waals surface area contributed by atoms with Crippen molar-refractivity contribution in [2.75, 3.05) is 0 Å². The lowest BCUT2D eigenvalue weighted by Gasteiger charge is -2.32. The van der Waals surface area contributed by atoms with Crippen molar-refractivity contribution in [2.24, 2.45) is 0 Å². The summed E-state index contributed by atoms with van der Waals surface area (Å²) in [6.07, 6.45) is 0. The second-order valence-corrected chi connectivity index (χ2v) is 9.38. The van der Waals surface area contributed by atoms with E-state index in [2.05, 4.69) is 0 Å². The van der Waals surface area contributed by atoms with Crippen molar-refractivity contribution in [1.29, 1.82) is 0 Å². The maximum absolute atomic E-state index is 9.21. The smallest absolute Gasteiger partial charge is 0.399 e. The molecule has 2 aromatic carbocycles. The van der Waals surface area contributed by atoms with Gasteiger partial charge in [-0.15, -0.1) is 0 Å². The second-order valence-electron chi connectivity index (χ2n) is 9.38. The van der Waals surface area contributed by atoms with Crippen LogP contribution in [0.5, 0.6) is 0 Å². The first-order chi connectivity index (χ1) is 19.8. The van der Waals surface area contributed by atoms with Gasteiger partial charge >= 0.3 is 7.12 Å². The van der Waals surface area contributed by atoms with Crippen LogP contribution < -0.4 is 5.46 Å². The van der Waals surface area contributed by atoms with Crippen molar-refractivity contribution in [3.63, 3.8) is 0 Å². The van der Waals surface area contributed by atoms with E-state index in [-0.39, 0.29) is 5.56 Å². The molecule has 1 saturated heterocycles. The van der Waals surface area contributed by atoms with Crippen molar-refractivity contribution in [3.8, 4) is 11.1 Å². The van der Waals surface area contributed by atoms with Crippen LogP contribution in [-0.2, 0) is 20.1 Å². The molecule has 2 aromatic rings. The number of hydrogen-bond acceptors (Lipinski definition) is 2. The zero-order valence-electron chi connectivity index (χ0n) is 33.9. The minimum absolute atomic E-state index is 0.0558. The molecular weight excluding hydrogens is 355 g/mol. The molecule has 0 saturated carbocycles. The third-order valence-electron chi connectivity index (χ3n) is 5.26. The highest BCUT2D eigenvalue weighted by molar-refractivity contribution is 6.62. The summed E-state index contributed by atoms with van der Waals surface area (Å²) < 4.78 is 149. The van der Waals surface area contributed by atoms with Gasteiger partial charge in [-0.25, -0.2) is 0 Å². The molecule has 1 heterocycles. The Labute approximate surface area is 200 Å². The summed E-state index contributed by atoms with van der Waals surface area (Å²) >= 11 is 0. The molecule has 0 N–H and O–H groups in total. The highest BCUT2D eigenvalue weighted by Crippen LogP contribution is 2.37. The van der Waals surface area contributed by atoms with Gasteiger partial charge in [0.05, 0.1) is 20.8 Å². The van der Waals surface area contributed by atoms with E-state index in [9.17, 15) is 2.74 Å². The number of benzene rings is 2. The minimum Gasteiger partial charge on any atom is -0.399 e. The van der Waals surface area contributed by atoms with Gasteiger partial charge < -0.3 is 9.31 Å². The third-order valence-corrected chi connectivity index (χ3v) is 5.26. The van der Waals surface area contributed by atoms with Gasteiger partial charge in [-0.2, -0.15) is 0 Å². The van der Waals surface area contributed by atoms with Crippen LogP contribution in [0, 0.1) is 0 Å². The predicted octanol–water partition coefficient (Wildman–Crippen LogP) is 6.25. The van der Waals surface area contributed by atoms with Crippen molar-refractivity contribution >= 4 is 12.6 Å². The lowest BCUT2D eigenvalue weighted by molar-refractivity contribution is 0.00578. The molecule has 1 aliphatic rings. The van der Waals surface area contributed by atoms with Crippen LogP contribution >= 0.6 is 0 Å². The van der Waals surface area contributed by atoms with E-state index in [4.69, 9.17) is 28.5 Å². The molecule has 1 aliphatic heterocycles. The van der Waals surface area contributed by atoms with Crippen molar-refractivity contribution in [2.45, 2.75) is 91.1 Å². The minimum atomic E-state index is -3.89. The lowest BCUT2D eigenvalue weighted by Crippen LogP contribution is -2.41. The van der Waals surface area contributed by atoms with Gasteiger partial charge in [0.25, 0.3) is 0 Å². The van der Waals surface area contributed by atoms with Crippen LogP contribution in [0.4, 0.5) is 0 Å². The van der Waals surface area contributed by atoms with Gasteiger partial charge in [-0.05, 0) is 66.2 Å². The largest absolute Gasteiger partial charge is 0.494 e. The maximum atomic E-state index is 9.21. The molecule has 156 valence electrons. The van der Waals surface area contributed by atoms with E-state index in [1.165, 1.54) is 0 Å². The Morgan fingerprint density at radius 3 is 1.93 bits per heavy atom. The van der Waals surface area contributed by atoms with Gasteiger partial charge in [0, 0.05) is 12.3 Å². The average molecular weight is 408 g/mol. The molecule has 0 aromatic heterocycles. The molecule has 0 spiro atoms. The van der Waals surface area contributed by atoms with Gasteiger partial charge in [0.1, 0.15) is 0 Å². The second kappa shape index (κ2) is 6.99. The fraction of sp³-hybridized carbons (Fsp3) is 0.538. The summed E-state index contributed by atoms with van der Waals surface area (Å²) in [7, 11) is -1.66. The van der Waals surface area contributed by atoms with Crippen LogP contribution in [0.15, 0.2) is 42.3 Å². The van der Waals surface area contributed by atoms with Crippen LogP contribution in [0.25, 0.3) is 11.1 Å². The Hall–Kier alpha value is -1.58. The first-order valence-corrected chi connectivity index (χ1v) is 9.42. The van der Waals surface area contributed by atoms with Crippen molar-refractivity contribution in [3.05, 3.63) is 53.4 Å². The quantitative estimate of drug-likeness (QED) is 0.547.